The van der Waals surface area contributed by atoms with Crippen LogP contribution in [0.1, 0.15) is 40.5 Å². The van der Waals surface area contributed by atoms with Gasteiger partial charge in [-0.15, -0.1) is 0 Å². The SMILES string of the molecule is CC.COC1CC(C)NC(C)C1. The Morgan fingerprint density at radius 3 is 1.83 bits per heavy atom. The fourth-order valence-electron chi connectivity index (χ4n) is 1.70. The minimum atomic E-state index is 0.478. The lowest BCUT2D eigenvalue weighted by molar-refractivity contribution is 0.0515. The van der Waals surface area contributed by atoms with Gasteiger partial charge >= 0.3 is 0 Å². The van der Waals surface area contributed by atoms with E-state index in [1.807, 2.05) is 13.8 Å². The van der Waals surface area contributed by atoms with E-state index in [1.54, 1.807) is 7.11 Å². The van der Waals surface area contributed by atoms with Crippen molar-refractivity contribution in [1.29, 1.82) is 0 Å². The van der Waals surface area contributed by atoms with Crippen LogP contribution in [-0.4, -0.2) is 25.3 Å². The van der Waals surface area contributed by atoms with Crippen LogP contribution in [0.3, 0.4) is 0 Å². The summed E-state index contributed by atoms with van der Waals surface area (Å²) in [5, 5.41) is 3.46. The van der Waals surface area contributed by atoms with E-state index in [-0.39, 0.29) is 0 Å². The summed E-state index contributed by atoms with van der Waals surface area (Å²) in [4.78, 5) is 0. The van der Waals surface area contributed by atoms with Gasteiger partial charge < -0.3 is 10.1 Å². The Hall–Kier alpha value is -0.0800. The first kappa shape index (κ1) is 11.9. The third kappa shape index (κ3) is 4.07. The maximum absolute atomic E-state index is 5.29. The van der Waals surface area contributed by atoms with Crippen molar-refractivity contribution in [1.82, 2.24) is 5.32 Å². The molecule has 0 aromatic rings. The Morgan fingerprint density at radius 2 is 1.50 bits per heavy atom. The molecule has 0 aliphatic carbocycles. The molecule has 74 valence electrons. The molecular weight excluding hydrogens is 150 g/mol. The van der Waals surface area contributed by atoms with Crippen LogP contribution in [-0.2, 0) is 4.74 Å². The first-order chi connectivity index (χ1) is 5.72. The van der Waals surface area contributed by atoms with Gasteiger partial charge in [0.2, 0.25) is 0 Å². The Kier molecular flexibility index (Phi) is 6.39. The summed E-state index contributed by atoms with van der Waals surface area (Å²) >= 11 is 0. The average Bonchev–Trinajstić information content (AvgIpc) is 2.06. The van der Waals surface area contributed by atoms with Gasteiger partial charge in [0.15, 0.2) is 0 Å². The monoisotopic (exact) mass is 173 g/mol. The van der Waals surface area contributed by atoms with Crippen LogP contribution in [0, 0.1) is 0 Å². The minimum absolute atomic E-state index is 0.478. The predicted molar refractivity (Wildman–Crippen MR) is 53.4 cm³/mol. The van der Waals surface area contributed by atoms with Crippen molar-refractivity contribution in [2.75, 3.05) is 7.11 Å². The molecule has 0 amide bonds. The molecule has 1 rings (SSSR count). The number of hydrogen-bond donors (Lipinski definition) is 1. The van der Waals surface area contributed by atoms with Crippen LogP contribution in [0.5, 0.6) is 0 Å². The summed E-state index contributed by atoms with van der Waals surface area (Å²) in [6, 6.07) is 1.24. The molecule has 0 aromatic heterocycles. The van der Waals surface area contributed by atoms with Gasteiger partial charge in [0, 0.05) is 19.2 Å². The highest BCUT2D eigenvalue weighted by Crippen LogP contribution is 2.15. The second-order valence-electron chi connectivity index (χ2n) is 3.30. The van der Waals surface area contributed by atoms with Gasteiger partial charge in [0.05, 0.1) is 6.10 Å². The molecule has 0 saturated carbocycles. The number of rotatable bonds is 1. The summed E-state index contributed by atoms with van der Waals surface area (Å²) in [6.07, 6.45) is 2.79. The molecule has 2 unspecified atom stereocenters. The van der Waals surface area contributed by atoms with Crippen LogP contribution in [0.2, 0.25) is 0 Å². The van der Waals surface area contributed by atoms with Gasteiger partial charge in [-0.1, -0.05) is 13.8 Å². The average molecular weight is 173 g/mol. The van der Waals surface area contributed by atoms with E-state index in [4.69, 9.17) is 4.74 Å². The number of hydrogen-bond acceptors (Lipinski definition) is 2. The Labute approximate surface area is 76.7 Å². The summed E-state index contributed by atoms with van der Waals surface area (Å²) in [5.74, 6) is 0. The van der Waals surface area contributed by atoms with Crippen molar-refractivity contribution in [2.24, 2.45) is 0 Å². The van der Waals surface area contributed by atoms with Crippen molar-refractivity contribution in [3.63, 3.8) is 0 Å². The Morgan fingerprint density at radius 1 is 1.08 bits per heavy atom. The largest absolute Gasteiger partial charge is 0.381 e. The summed E-state index contributed by atoms with van der Waals surface area (Å²) in [6.45, 7) is 8.42. The second kappa shape index (κ2) is 6.44. The van der Waals surface area contributed by atoms with Crippen LogP contribution in [0.25, 0.3) is 0 Å². The van der Waals surface area contributed by atoms with Crippen LogP contribution >= 0.6 is 0 Å². The zero-order valence-corrected chi connectivity index (χ0v) is 9.05. The van der Waals surface area contributed by atoms with Crippen LogP contribution in [0.15, 0.2) is 0 Å². The standard InChI is InChI=1S/C8H17NO.C2H6/c1-6-4-8(10-3)5-7(2)9-6;1-2/h6-9H,4-5H2,1-3H3;1-2H3. The fraction of sp³-hybridized carbons (Fsp3) is 1.00. The molecule has 1 N–H and O–H groups in total. The third-order valence-corrected chi connectivity index (χ3v) is 2.14. The lowest BCUT2D eigenvalue weighted by atomic mass is 9.98. The highest BCUT2D eigenvalue weighted by molar-refractivity contribution is 4.80. The first-order valence-electron chi connectivity index (χ1n) is 5.01. The predicted octanol–water partition coefficient (Wildman–Crippen LogP) is 2.19. The summed E-state index contributed by atoms with van der Waals surface area (Å²) < 4.78 is 5.29. The van der Waals surface area contributed by atoms with Crippen molar-refractivity contribution < 1.29 is 4.74 Å². The van der Waals surface area contributed by atoms with E-state index in [1.165, 1.54) is 0 Å². The molecule has 1 fully saturated rings. The first-order valence-corrected chi connectivity index (χ1v) is 5.01. The van der Waals surface area contributed by atoms with E-state index < -0.39 is 0 Å². The normalized spacial score (nSPS) is 35.2. The molecule has 1 saturated heterocycles. The molecule has 1 heterocycles. The van der Waals surface area contributed by atoms with Crippen molar-refractivity contribution in [3.8, 4) is 0 Å². The number of nitrogens with one attached hydrogen (secondary N) is 1. The van der Waals surface area contributed by atoms with E-state index >= 15 is 0 Å². The molecule has 2 heteroatoms. The molecule has 1 aliphatic rings. The van der Waals surface area contributed by atoms with Gasteiger partial charge in [-0.25, -0.2) is 0 Å². The molecule has 0 bridgehead atoms. The van der Waals surface area contributed by atoms with Gasteiger partial charge in [-0.2, -0.15) is 0 Å². The topological polar surface area (TPSA) is 21.3 Å². The number of ether oxygens (including phenoxy) is 1. The highest BCUT2D eigenvalue weighted by atomic mass is 16.5. The zero-order valence-electron chi connectivity index (χ0n) is 9.05. The van der Waals surface area contributed by atoms with E-state index in [0.717, 1.165) is 12.8 Å². The van der Waals surface area contributed by atoms with E-state index in [0.29, 0.717) is 18.2 Å². The molecule has 12 heavy (non-hydrogen) atoms. The number of methoxy groups -OCH3 is 1. The van der Waals surface area contributed by atoms with Crippen LogP contribution in [0.4, 0.5) is 0 Å². The van der Waals surface area contributed by atoms with Gasteiger partial charge in [0.25, 0.3) is 0 Å². The van der Waals surface area contributed by atoms with E-state index in [9.17, 15) is 0 Å². The van der Waals surface area contributed by atoms with E-state index in [2.05, 4.69) is 19.2 Å². The summed E-state index contributed by atoms with van der Waals surface area (Å²) in [7, 11) is 1.80. The highest BCUT2D eigenvalue weighted by Gasteiger charge is 2.22. The maximum Gasteiger partial charge on any atom is 0.0600 e. The molecule has 0 aromatic carbocycles. The zero-order chi connectivity index (χ0) is 9.56. The number of piperidine rings is 1. The lowest BCUT2D eigenvalue weighted by Gasteiger charge is -2.31. The second-order valence-corrected chi connectivity index (χ2v) is 3.30. The van der Waals surface area contributed by atoms with Crippen molar-refractivity contribution in [3.05, 3.63) is 0 Å². The Balaban J connectivity index is 0.000000561. The molecular formula is C10H23NO. The Bertz CT molecular complexity index is 96.0. The van der Waals surface area contributed by atoms with Gasteiger partial charge in [-0.05, 0) is 26.7 Å². The fourth-order valence-corrected chi connectivity index (χ4v) is 1.70. The molecule has 2 nitrogen and oxygen atoms in total. The van der Waals surface area contributed by atoms with Gasteiger partial charge in [0.1, 0.15) is 0 Å². The molecule has 0 radical (unpaired) electrons. The summed E-state index contributed by atoms with van der Waals surface area (Å²) in [5.41, 5.74) is 0. The van der Waals surface area contributed by atoms with Gasteiger partial charge in [-0.3, -0.25) is 0 Å². The molecule has 1 aliphatic heterocycles. The van der Waals surface area contributed by atoms with Crippen molar-refractivity contribution in [2.45, 2.75) is 58.7 Å². The smallest absolute Gasteiger partial charge is 0.0600 e. The molecule has 2 atom stereocenters. The van der Waals surface area contributed by atoms with Crippen LogP contribution < -0.4 is 5.32 Å². The van der Waals surface area contributed by atoms with Crippen molar-refractivity contribution >= 4 is 0 Å². The molecule has 0 spiro atoms. The minimum Gasteiger partial charge on any atom is -0.381 e. The lowest BCUT2D eigenvalue weighted by Crippen LogP contribution is -2.44. The maximum atomic E-state index is 5.29. The third-order valence-electron chi connectivity index (χ3n) is 2.14. The quantitative estimate of drug-likeness (QED) is 0.656.